The summed E-state index contributed by atoms with van der Waals surface area (Å²) >= 11 is 0. The van der Waals surface area contributed by atoms with Crippen molar-refractivity contribution in [3.63, 3.8) is 0 Å². The Kier molecular flexibility index (Phi) is 4.91. The van der Waals surface area contributed by atoms with E-state index >= 15 is 0 Å². The largest absolute Gasteiger partial charge is 0.337 e. The third-order valence-electron chi connectivity index (χ3n) is 4.36. The molecule has 0 saturated carbocycles. The predicted molar refractivity (Wildman–Crippen MR) is 95.6 cm³/mol. The van der Waals surface area contributed by atoms with Gasteiger partial charge in [0.15, 0.2) is 0 Å². The molecular formula is C17H22N4O3S. The fourth-order valence-electron chi connectivity index (χ4n) is 3.01. The van der Waals surface area contributed by atoms with Gasteiger partial charge >= 0.3 is 0 Å². The Morgan fingerprint density at radius 2 is 1.92 bits per heavy atom. The third-order valence-corrected chi connectivity index (χ3v) is 5.66. The van der Waals surface area contributed by atoms with Gasteiger partial charge in [-0.3, -0.25) is 9.48 Å². The summed E-state index contributed by atoms with van der Waals surface area (Å²) in [6.07, 6.45) is 5.52. The zero-order chi connectivity index (χ0) is 18.0. The molecule has 1 aliphatic heterocycles. The fraction of sp³-hybridized carbons (Fsp3) is 0.412. The summed E-state index contributed by atoms with van der Waals surface area (Å²) in [5, 5.41) is 4.16. The molecule has 2 aromatic rings. The molecule has 1 saturated heterocycles. The van der Waals surface area contributed by atoms with Crippen LogP contribution in [0.25, 0.3) is 11.1 Å². The Balaban J connectivity index is 1.77. The normalized spacial score (nSPS) is 16.6. The van der Waals surface area contributed by atoms with Crippen LogP contribution < -0.4 is 0 Å². The SMILES string of the molecule is Cn1cc(-c2cccc(C(=O)N3CCCN(S(C)(=O)=O)CC3)c2)cn1. The number of sulfonamides is 1. The Bertz CT molecular complexity index is 876. The first-order valence-corrected chi connectivity index (χ1v) is 10.0. The number of rotatable bonds is 3. The zero-order valence-electron chi connectivity index (χ0n) is 14.4. The van der Waals surface area contributed by atoms with Crippen LogP contribution in [0.4, 0.5) is 0 Å². The van der Waals surface area contributed by atoms with Crippen molar-refractivity contribution in [1.82, 2.24) is 19.0 Å². The van der Waals surface area contributed by atoms with E-state index in [0.29, 0.717) is 38.2 Å². The molecule has 1 amide bonds. The van der Waals surface area contributed by atoms with E-state index in [2.05, 4.69) is 5.10 Å². The molecule has 8 heteroatoms. The molecule has 1 fully saturated rings. The standard InChI is InChI=1S/C17H22N4O3S/c1-19-13-16(12-18-19)14-5-3-6-15(11-14)17(22)20-7-4-8-21(10-9-20)25(2,23)24/h3,5-6,11-13H,4,7-10H2,1-2H3. The third kappa shape index (κ3) is 4.08. The lowest BCUT2D eigenvalue weighted by Crippen LogP contribution is -2.36. The quantitative estimate of drug-likeness (QED) is 0.822. The van der Waals surface area contributed by atoms with Gasteiger partial charge in [0.2, 0.25) is 10.0 Å². The van der Waals surface area contributed by atoms with Gasteiger partial charge in [-0.2, -0.15) is 5.10 Å². The van der Waals surface area contributed by atoms with E-state index in [9.17, 15) is 13.2 Å². The smallest absolute Gasteiger partial charge is 0.253 e. The van der Waals surface area contributed by atoms with Gasteiger partial charge in [-0.05, 0) is 24.1 Å². The number of aryl methyl sites for hydroxylation is 1. The molecule has 134 valence electrons. The van der Waals surface area contributed by atoms with Crippen LogP contribution in [0.1, 0.15) is 16.8 Å². The molecule has 1 aromatic carbocycles. The highest BCUT2D eigenvalue weighted by Crippen LogP contribution is 2.21. The highest BCUT2D eigenvalue weighted by molar-refractivity contribution is 7.88. The van der Waals surface area contributed by atoms with Crippen molar-refractivity contribution in [2.75, 3.05) is 32.4 Å². The number of amides is 1. The van der Waals surface area contributed by atoms with E-state index in [1.165, 1.54) is 10.6 Å². The highest BCUT2D eigenvalue weighted by Gasteiger charge is 2.24. The van der Waals surface area contributed by atoms with Crippen molar-refractivity contribution in [2.45, 2.75) is 6.42 Å². The monoisotopic (exact) mass is 362 g/mol. The molecule has 1 aromatic heterocycles. The Labute approximate surface area is 147 Å². The van der Waals surface area contributed by atoms with E-state index in [0.717, 1.165) is 11.1 Å². The van der Waals surface area contributed by atoms with Crippen LogP contribution in [-0.2, 0) is 17.1 Å². The molecular weight excluding hydrogens is 340 g/mol. The molecule has 0 aliphatic carbocycles. The molecule has 3 rings (SSSR count). The number of benzene rings is 1. The van der Waals surface area contributed by atoms with E-state index < -0.39 is 10.0 Å². The summed E-state index contributed by atoms with van der Waals surface area (Å²) in [5.41, 5.74) is 2.50. The van der Waals surface area contributed by atoms with E-state index in [-0.39, 0.29) is 5.91 Å². The van der Waals surface area contributed by atoms with Gasteiger partial charge in [0.25, 0.3) is 5.91 Å². The lowest BCUT2D eigenvalue weighted by Gasteiger charge is -2.21. The fourth-order valence-corrected chi connectivity index (χ4v) is 3.89. The minimum absolute atomic E-state index is 0.0684. The molecule has 0 spiro atoms. The van der Waals surface area contributed by atoms with Gasteiger partial charge in [0.1, 0.15) is 0 Å². The number of nitrogens with zero attached hydrogens (tertiary/aromatic N) is 4. The highest BCUT2D eigenvalue weighted by atomic mass is 32.2. The maximum absolute atomic E-state index is 12.8. The van der Waals surface area contributed by atoms with Crippen molar-refractivity contribution in [1.29, 1.82) is 0 Å². The van der Waals surface area contributed by atoms with Crippen molar-refractivity contribution < 1.29 is 13.2 Å². The summed E-state index contributed by atoms with van der Waals surface area (Å²) in [6.45, 7) is 1.76. The van der Waals surface area contributed by atoms with E-state index in [1.54, 1.807) is 21.8 Å². The molecule has 0 atom stereocenters. The Hall–Kier alpha value is -2.19. The maximum atomic E-state index is 12.8. The summed E-state index contributed by atoms with van der Waals surface area (Å²) in [6, 6.07) is 7.46. The van der Waals surface area contributed by atoms with Gasteiger partial charge in [-0.15, -0.1) is 0 Å². The number of hydrogen-bond acceptors (Lipinski definition) is 4. The molecule has 2 heterocycles. The number of carbonyl (C=O) groups is 1. The summed E-state index contributed by atoms with van der Waals surface area (Å²) < 4.78 is 26.6. The zero-order valence-corrected chi connectivity index (χ0v) is 15.2. The first-order valence-electron chi connectivity index (χ1n) is 8.18. The van der Waals surface area contributed by atoms with E-state index in [4.69, 9.17) is 0 Å². The summed E-state index contributed by atoms with van der Waals surface area (Å²) in [7, 11) is -1.37. The Morgan fingerprint density at radius 1 is 1.12 bits per heavy atom. The number of hydrogen-bond donors (Lipinski definition) is 0. The number of carbonyl (C=O) groups excluding carboxylic acids is 1. The van der Waals surface area contributed by atoms with Gasteiger partial charge in [-0.25, -0.2) is 12.7 Å². The van der Waals surface area contributed by atoms with Crippen LogP contribution in [0.2, 0.25) is 0 Å². The first-order chi connectivity index (χ1) is 11.8. The number of aromatic nitrogens is 2. The van der Waals surface area contributed by atoms with Crippen molar-refractivity contribution in [3.8, 4) is 11.1 Å². The Morgan fingerprint density at radius 3 is 2.60 bits per heavy atom. The van der Waals surface area contributed by atoms with Crippen LogP contribution in [0.3, 0.4) is 0 Å². The molecule has 0 radical (unpaired) electrons. The molecule has 7 nitrogen and oxygen atoms in total. The van der Waals surface area contributed by atoms with Gasteiger partial charge < -0.3 is 4.90 Å². The maximum Gasteiger partial charge on any atom is 0.253 e. The second kappa shape index (κ2) is 6.97. The van der Waals surface area contributed by atoms with Gasteiger partial charge in [-0.1, -0.05) is 12.1 Å². The lowest BCUT2D eigenvalue weighted by atomic mass is 10.1. The van der Waals surface area contributed by atoms with Crippen LogP contribution in [-0.4, -0.2) is 65.7 Å². The second-order valence-electron chi connectivity index (χ2n) is 6.29. The van der Waals surface area contributed by atoms with Crippen LogP contribution in [0.5, 0.6) is 0 Å². The van der Waals surface area contributed by atoms with E-state index in [1.807, 2.05) is 31.4 Å². The predicted octanol–water partition coefficient (Wildman–Crippen LogP) is 1.19. The van der Waals surface area contributed by atoms with Gasteiger partial charge in [0, 0.05) is 50.6 Å². The molecule has 1 aliphatic rings. The second-order valence-corrected chi connectivity index (χ2v) is 8.27. The summed E-state index contributed by atoms with van der Waals surface area (Å²) in [5.74, 6) is -0.0684. The first kappa shape index (κ1) is 17.6. The molecule has 25 heavy (non-hydrogen) atoms. The minimum atomic E-state index is -3.22. The van der Waals surface area contributed by atoms with Crippen LogP contribution in [0, 0.1) is 0 Å². The van der Waals surface area contributed by atoms with Crippen molar-refractivity contribution >= 4 is 15.9 Å². The minimum Gasteiger partial charge on any atom is -0.337 e. The average Bonchev–Trinajstić information content (AvgIpc) is 2.85. The average molecular weight is 362 g/mol. The molecule has 0 unspecified atom stereocenters. The molecule has 0 bridgehead atoms. The van der Waals surface area contributed by atoms with Crippen molar-refractivity contribution in [2.24, 2.45) is 7.05 Å². The van der Waals surface area contributed by atoms with Crippen molar-refractivity contribution in [3.05, 3.63) is 42.2 Å². The topological polar surface area (TPSA) is 75.5 Å². The van der Waals surface area contributed by atoms with Crippen LogP contribution in [0.15, 0.2) is 36.7 Å². The molecule has 0 N–H and O–H groups in total. The van der Waals surface area contributed by atoms with Crippen LogP contribution >= 0.6 is 0 Å². The van der Waals surface area contributed by atoms with Gasteiger partial charge in [0.05, 0.1) is 12.5 Å². The summed E-state index contributed by atoms with van der Waals surface area (Å²) in [4.78, 5) is 14.6. The lowest BCUT2D eigenvalue weighted by molar-refractivity contribution is 0.0764.